The number of amides is 1. The first-order valence-electron chi connectivity index (χ1n) is 5.19. The summed E-state index contributed by atoms with van der Waals surface area (Å²) in [4.78, 5) is 12.8. The Morgan fingerprint density at radius 2 is 1.94 bits per heavy atom. The second-order valence-corrected chi connectivity index (χ2v) is 5.42. The van der Waals surface area contributed by atoms with Gasteiger partial charge in [-0.15, -0.1) is 0 Å². The highest BCUT2D eigenvalue weighted by Gasteiger charge is 2.30. The summed E-state index contributed by atoms with van der Waals surface area (Å²) in [6.07, 6.45) is 0.177. The van der Waals surface area contributed by atoms with E-state index in [-0.39, 0.29) is 23.1 Å². The number of nitrogens with zero attached hydrogens (tertiary/aromatic N) is 2. The lowest BCUT2D eigenvalue weighted by atomic mass is 10.1. The van der Waals surface area contributed by atoms with Crippen molar-refractivity contribution >= 4 is 21.7 Å². The molecule has 0 saturated carbocycles. The zero-order valence-electron chi connectivity index (χ0n) is 9.28. The van der Waals surface area contributed by atoms with Crippen molar-refractivity contribution in [3.8, 4) is 6.07 Å². The van der Waals surface area contributed by atoms with E-state index in [0.29, 0.717) is 12.2 Å². The number of anilines is 1. The summed E-state index contributed by atoms with van der Waals surface area (Å²) in [5.74, 6) is -0.500. The van der Waals surface area contributed by atoms with Crippen molar-refractivity contribution in [3.63, 3.8) is 0 Å². The first kappa shape index (κ1) is 12.5. The Labute approximate surface area is 104 Å². The van der Waals surface area contributed by atoms with Gasteiger partial charge in [0.25, 0.3) is 10.1 Å². The molecule has 18 heavy (non-hydrogen) atoms. The van der Waals surface area contributed by atoms with Crippen LogP contribution >= 0.6 is 0 Å². The molecule has 6 nitrogen and oxygen atoms in total. The fourth-order valence-corrected chi connectivity index (χ4v) is 2.32. The van der Waals surface area contributed by atoms with Crippen LogP contribution in [0.25, 0.3) is 0 Å². The topological polar surface area (TPSA) is 98.5 Å². The minimum Gasteiger partial charge on any atom is -0.311 e. The van der Waals surface area contributed by atoms with Crippen LogP contribution in [0.4, 0.5) is 5.69 Å². The molecule has 0 spiro atoms. The third kappa shape index (κ3) is 2.34. The van der Waals surface area contributed by atoms with Gasteiger partial charge in [-0.2, -0.15) is 13.7 Å². The molecule has 1 aliphatic rings. The Kier molecular flexibility index (Phi) is 3.07. The molecule has 1 amide bonds. The summed E-state index contributed by atoms with van der Waals surface area (Å²) < 4.78 is 30.5. The Balaban J connectivity index is 2.26. The van der Waals surface area contributed by atoms with E-state index >= 15 is 0 Å². The molecule has 1 heterocycles. The van der Waals surface area contributed by atoms with Crippen LogP contribution in [0.15, 0.2) is 29.2 Å². The van der Waals surface area contributed by atoms with Gasteiger partial charge in [-0.05, 0) is 24.3 Å². The highest BCUT2D eigenvalue weighted by Crippen LogP contribution is 2.25. The van der Waals surface area contributed by atoms with Gasteiger partial charge in [0.05, 0.1) is 16.9 Å². The number of hydrogen-bond acceptors (Lipinski definition) is 4. The molecule has 94 valence electrons. The van der Waals surface area contributed by atoms with Crippen LogP contribution in [0.5, 0.6) is 0 Å². The number of benzene rings is 1. The Morgan fingerprint density at radius 3 is 2.39 bits per heavy atom. The molecule has 0 bridgehead atoms. The molecular weight excluding hydrogens is 256 g/mol. The van der Waals surface area contributed by atoms with Gasteiger partial charge < -0.3 is 4.90 Å². The SMILES string of the molecule is N#CC1CC(=O)N(c2ccc(S(=O)(=O)O)cc2)C1. The van der Waals surface area contributed by atoms with Crippen LogP contribution in [0, 0.1) is 17.2 Å². The molecule has 7 heteroatoms. The number of rotatable bonds is 2. The maximum atomic E-state index is 11.6. The molecule has 0 aliphatic carbocycles. The van der Waals surface area contributed by atoms with E-state index in [9.17, 15) is 13.2 Å². The van der Waals surface area contributed by atoms with Crippen LogP contribution in [0.3, 0.4) is 0 Å². The summed E-state index contributed by atoms with van der Waals surface area (Å²) in [5.41, 5.74) is 0.519. The molecular formula is C11H10N2O4S. The molecule has 1 aromatic carbocycles. The number of nitriles is 1. The van der Waals surface area contributed by atoms with Crippen molar-refractivity contribution in [2.45, 2.75) is 11.3 Å². The van der Waals surface area contributed by atoms with E-state index in [2.05, 4.69) is 0 Å². The normalized spacial score (nSPS) is 19.9. The van der Waals surface area contributed by atoms with Crippen LogP contribution in [0.2, 0.25) is 0 Å². The van der Waals surface area contributed by atoms with Gasteiger partial charge >= 0.3 is 0 Å². The Bertz CT molecular complexity index is 615. The zero-order valence-corrected chi connectivity index (χ0v) is 10.1. The third-order valence-corrected chi connectivity index (χ3v) is 3.62. The van der Waals surface area contributed by atoms with Crippen molar-refractivity contribution in [2.75, 3.05) is 11.4 Å². The summed E-state index contributed by atoms with van der Waals surface area (Å²) in [5, 5.41) is 8.76. The smallest absolute Gasteiger partial charge is 0.294 e. The van der Waals surface area contributed by atoms with Gasteiger partial charge in [0.1, 0.15) is 0 Å². The van der Waals surface area contributed by atoms with E-state index < -0.39 is 10.1 Å². The molecule has 0 aromatic heterocycles. The monoisotopic (exact) mass is 266 g/mol. The predicted molar refractivity (Wildman–Crippen MR) is 62.3 cm³/mol. The van der Waals surface area contributed by atoms with Crippen molar-refractivity contribution in [2.24, 2.45) is 5.92 Å². The lowest BCUT2D eigenvalue weighted by molar-refractivity contribution is -0.117. The van der Waals surface area contributed by atoms with Crippen molar-refractivity contribution in [1.29, 1.82) is 5.26 Å². The summed E-state index contributed by atoms with van der Waals surface area (Å²) in [6, 6.07) is 7.33. The quantitative estimate of drug-likeness (QED) is 0.798. The zero-order chi connectivity index (χ0) is 13.3. The molecule has 0 radical (unpaired) electrons. The second kappa shape index (κ2) is 4.40. The largest absolute Gasteiger partial charge is 0.311 e. The van der Waals surface area contributed by atoms with Crippen LogP contribution < -0.4 is 4.90 Å². The summed E-state index contributed by atoms with van der Waals surface area (Å²) >= 11 is 0. The summed E-state index contributed by atoms with van der Waals surface area (Å²) in [7, 11) is -4.23. The molecule has 2 rings (SSSR count). The Hall–Kier alpha value is -1.91. The van der Waals surface area contributed by atoms with E-state index in [1.165, 1.54) is 29.2 Å². The van der Waals surface area contributed by atoms with Gasteiger partial charge in [-0.25, -0.2) is 0 Å². The highest BCUT2D eigenvalue weighted by molar-refractivity contribution is 7.85. The van der Waals surface area contributed by atoms with Gasteiger partial charge in [0.15, 0.2) is 0 Å². The number of hydrogen-bond donors (Lipinski definition) is 1. The molecule has 1 unspecified atom stereocenters. The van der Waals surface area contributed by atoms with E-state index in [1.54, 1.807) is 0 Å². The van der Waals surface area contributed by atoms with Gasteiger partial charge in [0.2, 0.25) is 5.91 Å². The van der Waals surface area contributed by atoms with Crippen LogP contribution in [-0.4, -0.2) is 25.4 Å². The number of carbonyl (C=O) groups is 1. The second-order valence-electron chi connectivity index (χ2n) is 4.00. The fraction of sp³-hybridized carbons (Fsp3) is 0.273. The van der Waals surface area contributed by atoms with Gasteiger partial charge in [0, 0.05) is 18.7 Å². The average molecular weight is 266 g/mol. The van der Waals surface area contributed by atoms with E-state index in [1.807, 2.05) is 6.07 Å². The first-order valence-corrected chi connectivity index (χ1v) is 6.63. The molecule has 1 N–H and O–H groups in total. The Morgan fingerprint density at radius 1 is 1.33 bits per heavy atom. The van der Waals surface area contributed by atoms with Crippen molar-refractivity contribution in [3.05, 3.63) is 24.3 Å². The highest BCUT2D eigenvalue weighted by atomic mass is 32.2. The molecule has 1 aliphatic heterocycles. The minimum atomic E-state index is -4.23. The summed E-state index contributed by atoms with van der Waals surface area (Å²) in [6.45, 7) is 0.306. The first-order chi connectivity index (χ1) is 8.41. The lowest BCUT2D eigenvalue weighted by Crippen LogP contribution is -2.24. The van der Waals surface area contributed by atoms with Crippen molar-refractivity contribution < 1.29 is 17.8 Å². The van der Waals surface area contributed by atoms with Crippen LogP contribution in [-0.2, 0) is 14.9 Å². The third-order valence-electron chi connectivity index (χ3n) is 2.75. The molecule has 1 fully saturated rings. The fourth-order valence-electron chi connectivity index (χ4n) is 1.84. The maximum absolute atomic E-state index is 11.6. The lowest BCUT2D eigenvalue weighted by Gasteiger charge is -2.15. The van der Waals surface area contributed by atoms with Crippen LogP contribution in [0.1, 0.15) is 6.42 Å². The maximum Gasteiger partial charge on any atom is 0.294 e. The van der Waals surface area contributed by atoms with Gasteiger partial charge in [-0.3, -0.25) is 9.35 Å². The van der Waals surface area contributed by atoms with E-state index in [4.69, 9.17) is 9.81 Å². The predicted octanol–water partition coefficient (Wildman–Crippen LogP) is 0.810. The average Bonchev–Trinajstić information content (AvgIpc) is 2.70. The van der Waals surface area contributed by atoms with Crippen molar-refractivity contribution in [1.82, 2.24) is 0 Å². The molecule has 1 saturated heterocycles. The van der Waals surface area contributed by atoms with Gasteiger partial charge in [-0.1, -0.05) is 0 Å². The molecule has 1 aromatic rings. The van der Waals surface area contributed by atoms with E-state index in [0.717, 1.165) is 0 Å². The minimum absolute atomic E-state index is 0.166. The standard InChI is InChI=1S/C11H10N2O4S/c12-6-8-5-11(14)13(7-8)9-1-3-10(4-2-9)18(15,16)17/h1-4,8H,5,7H2,(H,15,16,17). The number of carbonyl (C=O) groups excluding carboxylic acids is 1. The molecule has 1 atom stereocenters.